The van der Waals surface area contributed by atoms with Gasteiger partial charge in [-0.1, -0.05) is 30.0 Å². The molecule has 0 spiro atoms. The van der Waals surface area contributed by atoms with E-state index in [1.165, 1.54) is 18.9 Å². The highest BCUT2D eigenvalue weighted by Crippen LogP contribution is 2.36. The Morgan fingerprint density at radius 1 is 1.46 bits per heavy atom. The lowest BCUT2D eigenvalue weighted by atomic mass is 10.2. The van der Waals surface area contributed by atoms with Crippen molar-refractivity contribution in [1.29, 1.82) is 0 Å². The number of carbonyl (C=O) groups excluding carboxylic acids is 1. The van der Waals surface area contributed by atoms with E-state index < -0.39 is 0 Å². The number of para-hydroxylation sites is 2. The summed E-state index contributed by atoms with van der Waals surface area (Å²) in [5, 5.41) is 8.99. The number of methoxy groups -OCH3 is 1. The minimum absolute atomic E-state index is 0.163. The summed E-state index contributed by atoms with van der Waals surface area (Å²) in [4.78, 5) is 11.3. The summed E-state index contributed by atoms with van der Waals surface area (Å²) < 4.78 is 18.2. The standard InChI is InChI=1S/C16H17N3O4S/c1-3-8-19-15(17-18-16(19)24-10-14(20)21-2)13-9-22-11-6-4-5-7-12(11)23-13/h3-7,13H,1,8-10H2,2H3/t13-/m1/s1. The highest BCUT2D eigenvalue weighted by molar-refractivity contribution is 7.99. The van der Waals surface area contributed by atoms with Crippen molar-refractivity contribution in [2.45, 2.75) is 17.8 Å². The Kier molecular flexibility index (Phi) is 5.05. The first-order chi connectivity index (χ1) is 11.7. The van der Waals surface area contributed by atoms with Crippen LogP contribution in [-0.4, -0.2) is 40.2 Å². The van der Waals surface area contributed by atoms with Gasteiger partial charge in [0.05, 0.1) is 12.9 Å². The van der Waals surface area contributed by atoms with E-state index in [-0.39, 0.29) is 17.8 Å². The number of esters is 1. The third-order valence-electron chi connectivity index (χ3n) is 3.40. The average molecular weight is 347 g/mol. The number of ether oxygens (including phenoxy) is 3. The number of aromatic nitrogens is 3. The van der Waals surface area contributed by atoms with E-state index in [0.29, 0.717) is 35.6 Å². The second kappa shape index (κ2) is 7.39. The van der Waals surface area contributed by atoms with E-state index in [1.54, 1.807) is 6.08 Å². The van der Waals surface area contributed by atoms with Gasteiger partial charge in [-0.2, -0.15) is 0 Å². The molecular weight excluding hydrogens is 330 g/mol. The van der Waals surface area contributed by atoms with Gasteiger partial charge in [0.1, 0.15) is 6.61 Å². The summed E-state index contributed by atoms with van der Waals surface area (Å²) in [5.41, 5.74) is 0. The van der Waals surface area contributed by atoms with Crippen LogP contribution in [0.25, 0.3) is 0 Å². The average Bonchev–Trinajstić information content (AvgIpc) is 3.02. The summed E-state index contributed by atoms with van der Waals surface area (Å²) in [7, 11) is 1.35. The smallest absolute Gasteiger partial charge is 0.316 e. The molecule has 2 heterocycles. The fourth-order valence-corrected chi connectivity index (χ4v) is 3.06. The fraction of sp³-hybridized carbons (Fsp3) is 0.312. The molecule has 0 fully saturated rings. The second-order valence-electron chi connectivity index (χ2n) is 4.97. The van der Waals surface area contributed by atoms with Crippen LogP contribution in [0.4, 0.5) is 0 Å². The normalized spacial score (nSPS) is 15.8. The van der Waals surface area contributed by atoms with Gasteiger partial charge in [-0.15, -0.1) is 16.8 Å². The molecule has 8 heteroatoms. The van der Waals surface area contributed by atoms with E-state index in [9.17, 15) is 4.79 Å². The molecule has 0 bridgehead atoms. The minimum Gasteiger partial charge on any atom is -0.485 e. The number of benzene rings is 1. The molecule has 1 aliphatic heterocycles. The number of nitrogens with zero attached hydrogens (tertiary/aromatic N) is 3. The molecule has 0 unspecified atom stereocenters. The van der Waals surface area contributed by atoms with Gasteiger partial charge >= 0.3 is 5.97 Å². The molecule has 1 atom stereocenters. The lowest BCUT2D eigenvalue weighted by Gasteiger charge is -2.26. The monoisotopic (exact) mass is 347 g/mol. The molecule has 0 amide bonds. The van der Waals surface area contributed by atoms with Crippen LogP contribution in [0.5, 0.6) is 11.5 Å². The predicted octanol–water partition coefficient (Wildman–Crippen LogP) is 2.24. The summed E-state index contributed by atoms with van der Waals surface area (Å²) >= 11 is 1.26. The van der Waals surface area contributed by atoms with Crippen molar-refractivity contribution in [3.63, 3.8) is 0 Å². The number of rotatable bonds is 6. The largest absolute Gasteiger partial charge is 0.485 e. The van der Waals surface area contributed by atoms with Gasteiger partial charge in [0.25, 0.3) is 0 Å². The van der Waals surface area contributed by atoms with E-state index >= 15 is 0 Å². The first-order valence-electron chi connectivity index (χ1n) is 7.35. The molecule has 1 aromatic carbocycles. The lowest BCUT2D eigenvalue weighted by molar-refractivity contribution is -0.137. The number of carbonyl (C=O) groups is 1. The van der Waals surface area contributed by atoms with Crippen molar-refractivity contribution < 1.29 is 19.0 Å². The second-order valence-corrected chi connectivity index (χ2v) is 5.91. The molecule has 24 heavy (non-hydrogen) atoms. The quantitative estimate of drug-likeness (QED) is 0.451. The van der Waals surface area contributed by atoms with Crippen molar-refractivity contribution in [2.24, 2.45) is 0 Å². The van der Waals surface area contributed by atoms with E-state index in [1.807, 2.05) is 28.8 Å². The maximum atomic E-state index is 11.3. The van der Waals surface area contributed by atoms with Gasteiger partial charge in [-0.3, -0.25) is 9.36 Å². The molecule has 0 saturated carbocycles. The van der Waals surface area contributed by atoms with Gasteiger partial charge < -0.3 is 14.2 Å². The van der Waals surface area contributed by atoms with Crippen LogP contribution in [0.1, 0.15) is 11.9 Å². The van der Waals surface area contributed by atoms with Gasteiger partial charge in [0, 0.05) is 6.54 Å². The zero-order valence-electron chi connectivity index (χ0n) is 13.2. The molecule has 126 valence electrons. The van der Waals surface area contributed by atoms with Crippen molar-refractivity contribution >= 4 is 17.7 Å². The Labute approximate surface area is 143 Å². The van der Waals surface area contributed by atoms with Crippen molar-refractivity contribution in [1.82, 2.24) is 14.8 Å². The Morgan fingerprint density at radius 3 is 3.00 bits per heavy atom. The molecule has 0 aliphatic carbocycles. The number of thioether (sulfide) groups is 1. The van der Waals surface area contributed by atoms with E-state index in [4.69, 9.17) is 9.47 Å². The molecule has 3 rings (SSSR count). The van der Waals surface area contributed by atoms with Crippen molar-refractivity contribution in [3.05, 3.63) is 42.7 Å². The molecule has 0 N–H and O–H groups in total. The Bertz CT molecular complexity index is 747. The Hall–Kier alpha value is -2.48. The van der Waals surface area contributed by atoms with Crippen LogP contribution in [0.2, 0.25) is 0 Å². The third kappa shape index (κ3) is 3.38. The predicted molar refractivity (Wildman–Crippen MR) is 88.3 cm³/mol. The van der Waals surface area contributed by atoms with Gasteiger partial charge in [0.15, 0.2) is 28.6 Å². The Balaban J connectivity index is 1.82. The number of hydrogen-bond donors (Lipinski definition) is 0. The molecule has 7 nitrogen and oxygen atoms in total. The zero-order valence-corrected chi connectivity index (χ0v) is 14.0. The fourth-order valence-electron chi connectivity index (χ4n) is 2.27. The number of hydrogen-bond acceptors (Lipinski definition) is 7. The van der Waals surface area contributed by atoms with Crippen LogP contribution >= 0.6 is 11.8 Å². The minimum atomic E-state index is -0.375. The third-order valence-corrected chi connectivity index (χ3v) is 4.34. The summed E-state index contributed by atoms with van der Waals surface area (Å²) in [6.07, 6.45) is 1.37. The SMILES string of the molecule is C=CCn1c(SCC(=O)OC)nnc1[C@H]1COc2ccccc2O1. The summed E-state index contributed by atoms with van der Waals surface area (Å²) in [5.74, 6) is 1.86. The molecule has 1 aliphatic rings. The van der Waals surface area contributed by atoms with E-state index in [0.717, 1.165) is 0 Å². The number of allylic oxidation sites excluding steroid dienone is 1. The number of fused-ring (bicyclic) bond motifs is 1. The van der Waals surface area contributed by atoms with E-state index in [2.05, 4.69) is 21.5 Å². The maximum Gasteiger partial charge on any atom is 0.316 e. The highest BCUT2D eigenvalue weighted by Gasteiger charge is 2.28. The Morgan fingerprint density at radius 2 is 2.25 bits per heavy atom. The van der Waals surface area contributed by atoms with Crippen molar-refractivity contribution in [3.8, 4) is 11.5 Å². The summed E-state index contributed by atoms with van der Waals surface area (Å²) in [6.45, 7) is 4.61. The first kappa shape index (κ1) is 16.4. The highest BCUT2D eigenvalue weighted by atomic mass is 32.2. The van der Waals surface area contributed by atoms with Gasteiger partial charge in [0.2, 0.25) is 0 Å². The van der Waals surface area contributed by atoms with Crippen LogP contribution in [0.15, 0.2) is 42.1 Å². The summed E-state index contributed by atoms with van der Waals surface area (Å²) in [6, 6.07) is 7.49. The van der Waals surface area contributed by atoms with Gasteiger partial charge in [-0.05, 0) is 12.1 Å². The molecule has 1 aromatic heterocycles. The molecule has 0 radical (unpaired) electrons. The van der Waals surface area contributed by atoms with Gasteiger partial charge in [-0.25, -0.2) is 0 Å². The van der Waals surface area contributed by atoms with Crippen LogP contribution < -0.4 is 9.47 Å². The molecule has 0 saturated heterocycles. The van der Waals surface area contributed by atoms with Crippen LogP contribution in [-0.2, 0) is 16.1 Å². The van der Waals surface area contributed by atoms with Crippen LogP contribution in [0.3, 0.4) is 0 Å². The molecular formula is C16H17N3O4S. The zero-order chi connectivity index (χ0) is 16.9. The van der Waals surface area contributed by atoms with Crippen molar-refractivity contribution in [2.75, 3.05) is 19.5 Å². The van der Waals surface area contributed by atoms with Crippen LogP contribution in [0, 0.1) is 0 Å². The topological polar surface area (TPSA) is 75.5 Å². The molecule has 2 aromatic rings. The lowest BCUT2D eigenvalue weighted by Crippen LogP contribution is -2.25. The maximum absolute atomic E-state index is 11.3. The first-order valence-corrected chi connectivity index (χ1v) is 8.33.